The molecule has 0 saturated carbocycles. The lowest BCUT2D eigenvalue weighted by Gasteiger charge is -2.34. The molecule has 9 heteroatoms. The number of hydrogen-bond donors (Lipinski definition) is 3. The van der Waals surface area contributed by atoms with Gasteiger partial charge in [-0.15, -0.1) is 24.0 Å². The Morgan fingerprint density at radius 2 is 2.00 bits per heavy atom. The Kier molecular flexibility index (Phi) is 10.5. The third kappa shape index (κ3) is 7.64. The Morgan fingerprint density at radius 3 is 2.65 bits per heavy atom. The summed E-state index contributed by atoms with van der Waals surface area (Å²) in [5.74, 6) is 1.33. The van der Waals surface area contributed by atoms with Crippen molar-refractivity contribution in [3.8, 4) is 0 Å². The molecule has 2 fully saturated rings. The Hall–Kier alpha value is -1.88. The van der Waals surface area contributed by atoms with Crippen LogP contribution in [-0.4, -0.2) is 62.6 Å². The quantitative estimate of drug-likeness (QED) is 0.291. The molecule has 2 heterocycles. The molecule has 2 aliphatic heterocycles. The van der Waals surface area contributed by atoms with Crippen LogP contribution < -0.4 is 16.0 Å². The summed E-state index contributed by atoms with van der Waals surface area (Å²) in [5, 5.41) is 9.07. The average molecular weight is 543 g/mol. The van der Waals surface area contributed by atoms with Crippen LogP contribution in [0.4, 0.5) is 5.69 Å². The largest absolute Gasteiger partial charge is 0.368 e. The van der Waals surface area contributed by atoms with Gasteiger partial charge in [0.05, 0.1) is 0 Å². The van der Waals surface area contributed by atoms with Gasteiger partial charge in [0.1, 0.15) is 6.10 Å². The number of hydrogen-bond acceptors (Lipinski definition) is 4. The number of ether oxygens (including phenoxy) is 1. The molecule has 1 atom stereocenters. The molecule has 2 saturated heterocycles. The monoisotopic (exact) mass is 543 g/mol. The van der Waals surface area contributed by atoms with Gasteiger partial charge in [0, 0.05) is 52.4 Å². The zero-order valence-electron chi connectivity index (χ0n) is 18.4. The lowest BCUT2D eigenvalue weighted by Crippen LogP contribution is -2.45. The molecular weight excluding hydrogens is 509 g/mol. The molecule has 1 aromatic rings. The molecule has 3 N–H and O–H groups in total. The number of nitrogens with one attached hydrogen (secondary N) is 3. The van der Waals surface area contributed by atoms with Crippen LogP contribution in [0.1, 0.15) is 37.7 Å². The van der Waals surface area contributed by atoms with E-state index in [-0.39, 0.29) is 41.9 Å². The second-order valence-corrected chi connectivity index (χ2v) is 7.90. The Balaban J connectivity index is 0.00000341. The molecule has 2 amide bonds. The maximum Gasteiger partial charge on any atom is 0.253 e. The van der Waals surface area contributed by atoms with E-state index in [0.29, 0.717) is 25.5 Å². The number of amides is 2. The molecule has 0 radical (unpaired) electrons. The smallest absolute Gasteiger partial charge is 0.253 e. The van der Waals surface area contributed by atoms with E-state index in [1.807, 2.05) is 24.3 Å². The molecule has 0 aromatic heterocycles. The summed E-state index contributed by atoms with van der Waals surface area (Å²) in [6, 6.07) is 7.83. The minimum Gasteiger partial charge on any atom is -0.368 e. The van der Waals surface area contributed by atoms with Gasteiger partial charge in [-0.3, -0.25) is 14.6 Å². The van der Waals surface area contributed by atoms with E-state index in [1.165, 1.54) is 0 Å². The number of benzene rings is 1. The van der Waals surface area contributed by atoms with E-state index >= 15 is 0 Å². The number of likely N-dealkylation sites (tertiary alicyclic amines) is 1. The minimum absolute atomic E-state index is 0. The molecule has 31 heavy (non-hydrogen) atoms. The van der Waals surface area contributed by atoms with Crippen molar-refractivity contribution in [2.75, 3.05) is 39.1 Å². The number of anilines is 1. The molecule has 0 bridgehead atoms. The lowest BCUT2D eigenvalue weighted by atomic mass is 9.93. The van der Waals surface area contributed by atoms with Crippen molar-refractivity contribution in [2.24, 2.45) is 10.9 Å². The number of carbonyl (C=O) groups is 2. The van der Waals surface area contributed by atoms with Crippen molar-refractivity contribution in [2.45, 2.75) is 44.8 Å². The van der Waals surface area contributed by atoms with Gasteiger partial charge in [-0.2, -0.15) is 0 Å². The summed E-state index contributed by atoms with van der Waals surface area (Å²) in [6.45, 7) is 3.05. The molecule has 1 aromatic carbocycles. The number of nitrogens with zero attached hydrogens (tertiary/aromatic N) is 2. The highest BCUT2D eigenvalue weighted by molar-refractivity contribution is 14.0. The van der Waals surface area contributed by atoms with E-state index in [9.17, 15) is 9.59 Å². The maximum absolute atomic E-state index is 12.3. The second kappa shape index (κ2) is 12.8. The summed E-state index contributed by atoms with van der Waals surface area (Å²) >= 11 is 0. The predicted molar refractivity (Wildman–Crippen MR) is 133 cm³/mol. The van der Waals surface area contributed by atoms with Crippen molar-refractivity contribution in [1.29, 1.82) is 0 Å². The van der Waals surface area contributed by atoms with Gasteiger partial charge in [0.2, 0.25) is 5.91 Å². The molecule has 8 nitrogen and oxygen atoms in total. The first-order chi connectivity index (χ1) is 14.6. The van der Waals surface area contributed by atoms with E-state index in [0.717, 1.165) is 56.0 Å². The van der Waals surface area contributed by atoms with Gasteiger partial charge in [-0.1, -0.05) is 12.1 Å². The van der Waals surface area contributed by atoms with Gasteiger partial charge in [-0.05, 0) is 49.3 Å². The van der Waals surface area contributed by atoms with Crippen molar-refractivity contribution < 1.29 is 14.3 Å². The van der Waals surface area contributed by atoms with Crippen molar-refractivity contribution in [1.82, 2.24) is 15.5 Å². The highest BCUT2D eigenvalue weighted by Gasteiger charge is 2.24. The van der Waals surface area contributed by atoms with Gasteiger partial charge >= 0.3 is 0 Å². The van der Waals surface area contributed by atoms with E-state index in [2.05, 4.69) is 25.8 Å². The fourth-order valence-corrected chi connectivity index (χ4v) is 3.99. The summed E-state index contributed by atoms with van der Waals surface area (Å²) in [5.41, 5.74) is 1.84. The van der Waals surface area contributed by atoms with Gasteiger partial charge in [0.15, 0.2) is 5.96 Å². The predicted octanol–water partition coefficient (Wildman–Crippen LogP) is 2.35. The highest BCUT2D eigenvalue weighted by Crippen LogP contribution is 2.21. The van der Waals surface area contributed by atoms with Crippen LogP contribution >= 0.6 is 24.0 Å². The number of halogens is 1. The summed E-state index contributed by atoms with van der Waals surface area (Å²) in [4.78, 5) is 30.5. The first kappa shape index (κ1) is 25.4. The second-order valence-electron chi connectivity index (χ2n) is 7.90. The van der Waals surface area contributed by atoms with Crippen LogP contribution in [0.3, 0.4) is 0 Å². The summed E-state index contributed by atoms with van der Waals surface area (Å²) in [7, 11) is 3.48. The number of rotatable bonds is 6. The molecule has 3 rings (SSSR count). The van der Waals surface area contributed by atoms with E-state index in [4.69, 9.17) is 4.74 Å². The third-order valence-electron chi connectivity index (χ3n) is 5.75. The minimum atomic E-state index is -0.336. The zero-order chi connectivity index (χ0) is 21.3. The Morgan fingerprint density at radius 1 is 1.23 bits per heavy atom. The van der Waals surface area contributed by atoms with E-state index < -0.39 is 0 Å². The van der Waals surface area contributed by atoms with Gasteiger partial charge in [-0.25, -0.2) is 0 Å². The molecule has 2 aliphatic rings. The molecule has 0 aliphatic carbocycles. The zero-order valence-corrected chi connectivity index (χ0v) is 20.7. The molecule has 0 spiro atoms. The lowest BCUT2D eigenvalue weighted by molar-refractivity contribution is -0.124. The third-order valence-corrected chi connectivity index (χ3v) is 5.75. The number of carbonyl (C=O) groups excluding carboxylic acids is 2. The molecule has 172 valence electrons. The topological polar surface area (TPSA) is 95.1 Å². The van der Waals surface area contributed by atoms with E-state index in [1.54, 1.807) is 14.1 Å². The fraction of sp³-hybridized carbons (Fsp3) is 0.591. The number of piperidine rings is 1. The van der Waals surface area contributed by atoms with Crippen LogP contribution in [0.25, 0.3) is 0 Å². The van der Waals surface area contributed by atoms with Crippen LogP contribution in [-0.2, 0) is 20.9 Å². The fourth-order valence-electron chi connectivity index (χ4n) is 3.99. The van der Waals surface area contributed by atoms with Crippen LogP contribution in [0, 0.1) is 5.92 Å². The summed E-state index contributed by atoms with van der Waals surface area (Å²) in [6.07, 6.45) is 3.95. The van der Waals surface area contributed by atoms with Gasteiger partial charge in [0.25, 0.3) is 5.91 Å². The van der Waals surface area contributed by atoms with Crippen molar-refractivity contribution >= 4 is 47.4 Å². The standard InChI is InChI=1S/C22H33N5O3.HI/c1-23-20(28)14-16-8-10-27(11-9-16)22(24-2)25-15-17-5-3-6-18(13-17)26-21(29)19-7-4-12-30-19;/h3,5-6,13,16,19H,4,7-12,14-15H2,1-2H3,(H,23,28)(H,24,25)(H,26,29);1H. The number of aliphatic imine (C=N–C) groups is 1. The van der Waals surface area contributed by atoms with Crippen LogP contribution in [0.2, 0.25) is 0 Å². The van der Waals surface area contributed by atoms with Crippen molar-refractivity contribution in [3.05, 3.63) is 29.8 Å². The van der Waals surface area contributed by atoms with Crippen molar-refractivity contribution in [3.63, 3.8) is 0 Å². The maximum atomic E-state index is 12.3. The normalized spacial score (nSPS) is 19.5. The molecule has 1 unspecified atom stereocenters. The first-order valence-corrected chi connectivity index (χ1v) is 10.8. The average Bonchev–Trinajstić information content (AvgIpc) is 3.30. The Labute approximate surface area is 201 Å². The number of guanidine groups is 1. The highest BCUT2D eigenvalue weighted by atomic mass is 127. The van der Waals surface area contributed by atoms with Crippen LogP contribution in [0.5, 0.6) is 0 Å². The van der Waals surface area contributed by atoms with Gasteiger partial charge < -0.3 is 25.6 Å². The van der Waals surface area contributed by atoms with Crippen LogP contribution in [0.15, 0.2) is 29.3 Å². The first-order valence-electron chi connectivity index (χ1n) is 10.8. The molecular formula is C22H34IN5O3. The SMILES string of the molecule is CN=C(NCc1cccc(NC(=O)C2CCCO2)c1)N1CCC(CC(=O)NC)CC1.I. The summed E-state index contributed by atoms with van der Waals surface area (Å²) < 4.78 is 5.45. The Bertz CT molecular complexity index is 759.